The Hall–Kier alpha value is -7.45. The Labute approximate surface area is 294 Å². The van der Waals surface area contributed by atoms with Crippen LogP contribution in [0.15, 0.2) is 158 Å². The van der Waals surface area contributed by atoms with Gasteiger partial charge in [0, 0.05) is 21.9 Å². The summed E-state index contributed by atoms with van der Waals surface area (Å²) in [6.45, 7) is 0. The molecule has 9 rings (SSSR count). The number of nitriles is 3. The van der Waals surface area contributed by atoms with Gasteiger partial charge in [-0.2, -0.15) is 15.8 Å². The first-order chi connectivity index (χ1) is 25.2. The van der Waals surface area contributed by atoms with Crippen LogP contribution in [-0.4, -0.2) is 4.57 Å². The Morgan fingerprint density at radius 3 is 1.43 bits per heavy atom. The maximum absolute atomic E-state index is 10.8. The Morgan fingerprint density at radius 2 is 0.882 bits per heavy atom. The maximum Gasteiger partial charge on any atom is 0.0999 e. The molecule has 0 unspecified atom stereocenters. The highest BCUT2D eigenvalue weighted by Crippen LogP contribution is 2.46. The van der Waals surface area contributed by atoms with Crippen LogP contribution >= 0.6 is 0 Å². The topological polar surface area (TPSA) is 76.3 Å². The van der Waals surface area contributed by atoms with Gasteiger partial charge in [-0.15, -0.1) is 0 Å². The molecule has 0 atom stereocenters. The number of para-hydroxylation sites is 2. The summed E-state index contributed by atoms with van der Waals surface area (Å²) in [6.07, 6.45) is 0. The molecule has 0 aliphatic carbocycles. The van der Waals surface area contributed by atoms with Gasteiger partial charge in [0.15, 0.2) is 0 Å². The van der Waals surface area contributed by atoms with Crippen molar-refractivity contribution in [1.29, 1.82) is 15.8 Å². The second-order valence-electron chi connectivity index (χ2n) is 12.6. The molecule has 4 heteroatoms. The monoisotopic (exact) mass is 646 g/mol. The molecule has 8 aromatic carbocycles. The molecule has 0 fully saturated rings. The van der Waals surface area contributed by atoms with Crippen molar-refractivity contribution in [2.75, 3.05) is 0 Å². The van der Waals surface area contributed by atoms with Gasteiger partial charge in [-0.05, 0) is 74.1 Å². The van der Waals surface area contributed by atoms with Gasteiger partial charge in [-0.1, -0.05) is 127 Å². The third-order valence-corrected chi connectivity index (χ3v) is 9.88. The number of aromatic nitrogens is 1. The number of nitrogens with zero attached hydrogens (tertiary/aromatic N) is 4. The lowest BCUT2D eigenvalue weighted by Crippen LogP contribution is -2.01. The van der Waals surface area contributed by atoms with E-state index in [1.54, 1.807) is 6.07 Å². The van der Waals surface area contributed by atoms with Crippen LogP contribution in [0, 0.1) is 34.0 Å². The third kappa shape index (κ3) is 4.58. The molecule has 51 heavy (non-hydrogen) atoms. The molecule has 0 aliphatic heterocycles. The van der Waals surface area contributed by atoms with Crippen LogP contribution in [0.5, 0.6) is 0 Å². The van der Waals surface area contributed by atoms with Crippen LogP contribution in [0.3, 0.4) is 0 Å². The number of rotatable bonds is 4. The van der Waals surface area contributed by atoms with Crippen molar-refractivity contribution in [3.05, 3.63) is 174 Å². The van der Waals surface area contributed by atoms with Gasteiger partial charge in [-0.3, -0.25) is 0 Å². The molecule has 9 aromatic rings. The van der Waals surface area contributed by atoms with Crippen molar-refractivity contribution in [2.24, 2.45) is 0 Å². The number of hydrogen-bond donors (Lipinski definition) is 0. The predicted octanol–water partition coefficient (Wildman–Crippen LogP) is 11.7. The van der Waals surface area contributed by atoms with Crippen LogP contribution in [0.2, 0.25) is 0 Å². The summed E-state index contributed by atoms with van der Waals surface area (Å²) in [5.41, 5.74) is 9.39. The summed E-state index contributed by atoms with van der Waals surface area (Å²) in [5.74, 6) is 0. The summed E-state index contributed by atoms with van der Waals surface area (Å²) in [7, 11) is 0. The zero-order valence-electron chi connectivity index (χ0n) is 27.3. The van der Waals surface area contributed by atoms with Crippen LogP contribution in [0.25, 0.3) is 82.4 Å². The normalized spacial score (nSPS) is 11.1. The highest BCUT2D eigenvalue weighted by atomic mass is 15.0. The molecule has 0 aliphatic rings. The SMILES string of the molecule is N#Cc1cc(C#N)c(-c2ccc(-c3c4ccccc4c(-c4ccccc4)c4ccccc34)c(C#N)c2)c(-n2c3ccccc3c3ccccc32)c1. The standard InChI is InChI=1S/C47H26N4/c48-27-30-24-34(29-50)45(44(25-30)51-42-20-10-8-14-36(42)37-15-9-11-21-43(37)51)32-22-23-35(33(26-32)28-49)47-40-18-6-4-16-38(40)46(31-12-2-1-3-13-31)39-17-5-7-19-41(39)47/h1-26H. The molecule has 0 amide bonds. The van der Waals surface area contributed by atoms with Crippen LogP contribution in [0.4, 0.5) is 0 Å². The van der Waals surface area contributed by atoms with E-state index in [4.69, 9.17) is 0 Å². The van der Waals surface area contributed by atoms with E-state index in [1.807, 2.05) is 66.7 Å². The second kappa shape index (κ2) is 11.9. The highest BCUT2D eigenvalue weighted by Gasteiger charge is 2.22. The van der Waals surface area contributed by atoms with Gasteiger partial charge >= 0.3 is 0 Å². The maximum atomic E-state index is 10.8. The van der Waals surface area contributed by atoms with Crippen molar-refractivity contribution >= 4 is 43.4 Å². The predicted molar refractivity (Wildman–Crippen MR) is 206 cm³/mol. The molecule has 0 saturated heterocycles. The fraction of sp³-hybridized carbons (Fsp3) is 0. The number of benzene rings is 8. The highest BCUT2D eigenvalue weighted by molar-refractivity contribution is 6.22. The molecule has 0 radical (unpaired) electrons. The average Bonchev–Trinajstić information content (AvgIpc) is 3.53. The van der Waals surface area contributed by atoms with Crippen molar-refractivity contribution < 1.29 is 0 Å². The zero-order valence-corrected chi connectivity index (χ0v) is 27.3. The Bertz CT molecular complexity index is 2890. The molecule has 0 N–H and O–H groups in total. The first-order valence-electron chi connectivity index (χ1n) is 16.7. The van der Waals surface area contributed by atoms with E-state index in [2.05, 4.69) is 108 Å². The lowest BCUT2D eigenvalue weighted by atomic mass is 9.84. The van der Waals surface area contributed by atoms with E-state index in [1.165, 1.54) is 0 Å². The first kappa shape index (κ1) is 29.7. The molecule has 234 valence electrons. The summed E-state index contributed by atoms with van der Waals surface area (Å²) < 4.78 is 2.13. The van der Waals surface area contributed by atoms with Crippen molar-refractivity contribution in [3.8, 4) is 57.3 Å². The molecule has 4 nitrogen and oxygen atoms in total. The summed E-state index contributed by atoms with van der Waals surface area (Å²) in [5, 5.41) is 37.9. The molecule has 0 bridgehead atoms. The summed E-state index contributed by atoms with van der Waals surface area (Å²) in [6, 6.07) is 60.1. The molecular formula is C47H26N4. The van der Waals surface area contributed by atoms with Gasteiger partial charge in [0.05, 0.1) is 51.6 Å². The molecule has 0 saturated carbocycles. The Balaban J connectivity index is 1.34. The van der Waals surface area contributed by atoms with Crippen LogP contribution in [-0.2, 0) is 0 Å². The number of hydrogen-bond acceptors (Lipinski definition) is 3. The summed E-state index contributed by atoms with van der Waals surface area (Å²) >= 11 is 0. The minimum Gasteiger partial charge on any atom is -0.309 e. The first-order valence-corrected chi connectivity index (χ1v) is 16.7. The second-order valence-corrected chi connectivity index (χ2v) is 12.6. The lowest BCUT2D eigenvalue weighted by molar-refractivity contribution is 1.17. The average molecular weight is 647 g/mol. The van der Waals surface area contributed by atoms with E-state index in [9.17, 15) is 15.8 Å². The van der Waals surface area contributed by atoms with Crippen molar-refractivity contribution in [2.45, 2.75) is 0 Å². The van der Waals surface area contributed by atoms with E-state index in [-0.39, 0.29) is 0 Å². The van der Waals surface area contributed by atoms with Gasteiger partial charge in [-0.25, -0.2) is 0 Å². The lowest BCUT2D eigenvalue weighted by Gasteiger charge is -2.19. The third-order valence-electron chi connectivity index (χ3n) is 9.88. The van der Waals surface area contributed by atoms with E-state index >= 15 is 0 Å². The van der Waals surface area contributed by atoms with Gasteiger partial charge in [0.2, 0.25) is 0 Å². The van der Waals surface area contributed by atoms with E-state index < -0.39 is 0 Å². The fourth-order valence-electron chi connectivity index (χ4n) is 7.79. The zero-order chi connectivity index (χ0) is 34.5. The van der Waals surface area contributed by atoms with Crippen LogP contribution in [0.1, 0.15) is 16.7 Å². The van der Waals surface area contributed by atoms with Crippen molar-refractivity contribution in [1.82, 2.24) is 4.57 Å². The molecule has 1 heterocycles. The smallest absolute Gasteiger partial charge is 0.0999 e. The van der Waals surface area contributed by atoms with Gasteiger partial charge in [0.25, 0.3) is 0 Å². The van der Waals surface area contributed by atoms with Gasteiger partial charge < -0.3 is 4.57 Å². The largest absolute Gasteiger partial charge is 0.309 e. The molecule has 0 spiro atoms. The minimum atomic E-state index is 0.366. The Kier molecular flexibility index (Phi) is 6.93. The minimum absolute atomic E-state index is 0.366. The van der Waals surface area contributed by atoms with E-state index in [0.29, 0.717) is 27.9 Å². The van der Waals surface area contributed by atoms with Crippen LogP contribution < -0.4 is 0 Å². The quantitative estimate of drug-likeness (QED) is 0.179. The van der Waals surface area contributed by atoms with Gasteiger partial charge in [0.1, 0.15) is 0 Å². The summed E-state index contributed by atoms with van der Waals surface area (Å²) in [4.78, 5) is 0. The fourth-order valence-corrected chi connectivity index (χ4v) is 7.79. The van der Waals surface area contributed by atoms with E-state index in [0.717, 1.165) is 71.2 Å². The molecular weight excluding hydrogens is 621 g/mol. The number of fused-ring (bicyclic) bond motifs is 5. The Morgan fingerprint density at radius 1 is 0.373 bits per heavy atom. The molecule has 1 aromatic heterocycles. The van der Waals surface area contributed by atoms with Crippen molar-refractivity contribution in [3.63, 3.8) is 0 Å².